The van der Waals surface area contributed by atoms with Crippen LogP contribution < -0.4 is 25.4 Å². The molecule has 3 amide bonds. The lowest BCUT2D eigenvalue weighted by molar-refractivity contribution is -0.114. The Bertz CT molecular complexity index is 1560. The number of rotatable bonds is 11. The van der Waals surface area contributed by atoms with Gasteiger partial charge in [0.1, 0.15) is 10.7 Å². The molecule has 0 spiro atoms. The second-order valence-electron chi connectivity index (χ2n) is 8.40. The van der Waals surface area contributed by atoms with Crippen molar-refractivity contribution in [2.75, 3.05) is 30.6 Å². The number of thioether (sulfide) groups is 1. The Morgan fingerprint density at radius 3 is 2.32 bits per heavy atom. The number of methoxy groups -OCH3 is 2. The number of carbonyl (C=O) groups is 3. The number of nitrogens with zero attached hydrogens (tertiary/aromatic N) is 2. The number of hydrogen-bond donors (Lipinski definition) is 3. The summed E-state index contributed by atoms with van der Waals surface area (Å²) in [5.41, 5.74) is 1.45. The average molecular weight is 590 g/mol. The van der Waals surface area contributed by atoms with Crippen molar-refractivity contribution in [2.24, 2.45) is 0 Å². The maximum Gasteiger partial charge on any atom is 0.272 e. The van der Waals surface area contributed by atoms with Crippen molar-refractivity contribution in [3.05, 3.63) is 94.6 Å². The highest BCUT2D eigenvalue weighted by molar-refractivity contribution is 8.00. The maximum atomic E-state index is 13.4. The molecule has 10 nitrogen and oxygen atoms in total. The summed E-state index contributed by atoms with van der Waals surface area (Å²) >= 11 is 2.65. The van der Waals surface area contributed by atoms with E-state index in [0.29, 0.717) is 33.4 Å². The largest absolute Gasteiger partial charge is 0.493 e. The predicted molar refractivity (Wildman–Crippen MR) is 161 cm³/mol. The monoisotopic (exact) mass is 589 g/mol. The third kappa shape index (κ3) is 8.16. The van der Waals surface area contributed by atoms with Crippen molar-refractivity contribution in [3.8, 4) is 11.5 Å². The number of hydrogen-bond acceptors (Lipinski definition) is 9. The van der Waals surface area contributed by atoms with E-state index in [4.69, 9.17) is 9.47 Å². The Hall–Kier alpha value is -4.68. The predicted octanol–water partition coefficient (Wildman–Crippen LogP) is 5.00. The van der Waals surface area contributed by atoms with Gasteiger partial charge in [-0.15, -0.1) is 22.0 Å². The van der Waals surface area contributed by atoms with E-state index in [1.165, 1.54) is 43.4 Å². The smallest absolute Gasteiger partial charge is 0.272 e. The minimum absolute atomic E-state index is 0.00689. The Labute approximate surface area is 245 Å². The van der Waals surface area contributed by atoms with Crippen molar-refractivity contribution >= 4 is 57.7 Å². The van der Waals surface area contributed by atoms with E-state index in [-0.39, 0.29) is 17.4 Å². The van der Waals surface area contributed by atoms with Crippen LogP contribution in [-0.4, -0.2) is 47.9 Å². The fourth-order valence-electron chi connectivity index (χ4n) is 3.61. The fourth-order valence-corrected chi connectivity index (χ4v) is 4.91. The molecule has 0 unspecified atom stereocenters. The molecule has 0 radical (unpaired) electrons. The van der Waals surface area contributed by atoms with Crippen molar-refractivity contribution in [1.82, 2.24) is 15.5 Å². The molecule has 4 aromatic rings. The van der Waals surface area contributed by atoms with Crippen LogP contribution in [0.2, 0.25) is 0 Å². The molecule has 0 fully saturated rings. The molecule has 1 heterocycles. The van der Waals surface area contributed by atoms with E-state index in [1.54, 1.807) is 72.8 Å². The number of anilines is 2. The number of aryl methyl sites for hydroxylation is 1. The van der Waals surface area contributed by atoms with Gasteiger partial charge in [0.25, 0.3) is 11.8 Å². The molecule has 0 bridgehead atoms. The van der Waals surface area contributed by atoms with Crippen LogP contribution in [0.3, 0.4) is 0 Å². The second-order valence-corrected chi connectivity index (χ2v) is 10.6. The molecule has 0 atom stereocenters. The summed E-state index contributed by atoms with van der Waals surface area (Å²) in [7, 11) is 3.02. The van der Waals surface area contributed by atoms with Gasteiger partial charge in [-0.05, 0) is 55.5 Å². The summed E-state index contributed by atoms with van der Waals surface area (Å²) in [6.45, 7) is 1.81. The molecule has 3 aromatic carbocycles. The van der Waals surface area contributed by atoms with Crippen molar-refractivity contribution in [3.63, 3.8) is 0 Å². The van der Waals surface area contributed by atoms with Crippen LogP contribution in [0.4, 0.5) is 10.8 Å². The van der Waals surface area contributed by atoms with Crippen LogP contribution in [-0.2, 0) is 9.59 Å². The first-order valence-corrected chi connectivity index (χ1v) is 14.1. The summed E-state index contributed by atoms with van der Waals surface area (Å²) in [6.07, 6.45) is 1.53. The minimum Gasteiger partial charge on any atom is -0.493 e. The van der Waals surface area contributed by atoms with Crippen LogP contribution >= 0.6 is 23.1 Å². The molecule has 0 saturated carbocycles. The Morgan fingerprint density at radius 2 is 1.66 bits per heavy atom. The van der Waals surface area contributed by atoms with Crippen molar-refractivity contribution < 1.29 is 23.9 Å². The summed E-state index contributed by atoms with van der Waals surface area (Å²) in [6, 6.07) is 20.8. The Balaban J connectivity index is 1.48. The van der Waals surface area contributed by atoms with Crippen molar-refractivity contribution in [1.29, 1.82) is 0 Å². The normalized spacial score (nSPS) is 11.0. The van der Waals surface area contributed by atoms with Gasteiger partial charge in [0.05, 0.1) is 20.0 Å². The zero-order valence-corrected chi connectivity index (χ0v) is 24.1. The number of aromatic nitrogens is 2. The van der Waals surface area contributed by atoms with Gasteiger partial charge in [-0.25, -0.2) is 0 Å². The summed E-state index contributed by atoms with van der Waals surface area (Å²) < 4.78 is 10.9. The topological polar surface area (TPSA) is 132 Å². The van der Waals surface area contributed by atoms with E-state index in [1.807, 2.05) is 6.92 Å². The highest BCUT2D eigenvalue weighted by atomic mass is 32.2. The highest BCUT2D eigenvalue weighted by Gasteiger charge is 2.17. The molecule has 3 N–H and O–H groups in total. The molecule has 1 aromatic heterocycles. The second kappa shape index (κ2) is 14.1. The van der Waals surface area contributed by atoms with Gasteiger partial charge in [-0.3, -0.25) is 19.7 Å². The number of amides is 3. The van der Waals surface area contributed by atoms with E-state index < -0.39 is 11.8 Å². The highest BCUT2D eigenvalue weighted by Crippen LogP contribution is 2.32. The third-order valence-electron chi connectivity index (χ3n) is 5.52. The van der Waals surface area contributed by atoms with E-state index in [2.05, 4.69) is 26.1 Å². The van der Waals surface area contributed by atoms with Crippen LogP contribution in [0.15, 0.2) is 83.4 Å². The van der Waals surface area contributed by atoms with Crippen LogP contribution in [0.25, 0.3) is 6.08 Å². The van der Waals surface area contributed by atoms with Gasteiger partial charge < -0.3 is 20.1 Å². The van der Waals surface area contributed by atoms with Gasteiger partial charge in [-0.1, -0.05) is 41.7 Å². The number of nitrogens with one attached hydrogen (secondary N) is 3. The average Bonchev–Trinajstić information content (AvgIpc) is 3.40. The lowest BCUT2D eigenvalue weighted by atomic mass is 10.1. The SMILES string of the molecule is COc1cccc(/C=C(\NC(=O)c2ccccc2)C(=O)Nc2ccc(SCC(=O)Nc3nnc(C)s3)cc2)c1OC. The molecule has 0 aliphatic rings. The van der Waals surface area contributed by atoms with Gasteiger partial charge in [0.2, 0.25) is 11.0 Å². The van der Waals surface area contributed by atoms with Crippen LogP contribution in [0.5, 0.6) is 11.5 Å². The standard InChI is InChI=1S/C29H27N5O5S2/c1-18-33-34-29(41-18)32-25(35)17-40-22-14-12-21(13-15-22)30-28(37)23(31-27(36)19-8-5-4-6-9-19)16-20-10-7-11-24(38-2)26(20)39-3/h4-16H,17H2,1-3H3,(H,30,37)(H,31,36)(H,32,34,35)/b23-16-. The lowest BCUT2D eigenvalue weighted by Crippen LogP contribution is -2.30. The zero-order valence-electron chi connectivity index (χ0n) is 22.5. The number of benzene rings is 3. The van der Waals surface area contributed by atoms with Gasteiger partial charge in [0.15, 0.2) is 11.5 Å². The molecule has 41 heavy (non-hydrogen) atoms. The van der Waals surface area contributed by atoms with Crippen molar-refractivity contribution in [2.45, 2.75) is 11.8 Å². The quantitative estimate of drug-likeness (QED) is 0.164. The fraction of sp³-hybridized carbons (Fsp3) is 0.138. The number of para-hydroxylation sites is 1. The molecular weight excluding hydrogens is 562 g/mol. The van der Waals surface area contributed by atoms with Crippen LogP contribution in [0.1, 0.15) is 20.9 Å². The molecule has 4 rings (SSSR count). The summed E-state index contributed by atoms with van der Waals surface area (Å²) in [4.78, 5) is 39.4. The molecular formula is C29H27N5O5S2. The Kier molecular flexibility index (Phi) is 10.1. The van der Waals surface area contributed by atoms with Gasteiger partial charge >= 0.3 is 0 Å². The first-order valence-electron chi connectivity index (χ1n) is 12.3. The third-order valence-corrected chi connectivity index (χ3v) is 7.28. The zero-order chi connectivity index (χ0) is 29.2. The minimum atomic E-state index is -0.536. The first-order chi connectivity index (χ1) is 19.9. The summed E-state index contributed by atoms with van der Waals surface area (Å²) in [5, 5.41) is 17.2. The molecule has 0 aliphatic heterocycles. The van der Waals surface area contributed by atoms with Crippen LogP contribution in [0, 0.1) is 6.92 Å². The molecule has 0 saturated heterocycles. The molecule has 210 valence electrons. The summed E-state index contributed by atoms with van der Waals surface area (Å²) in [5.74, 6) is -0.0868. The number of ether oxygens (including phenoxy) is 2. The lowest BCUT2D eigenvalue weighted by Gasteiger charge is -2.14. The van der Waals surface area contributed by atoms with E-state index >= 15 is 0 Å². The maximum absolute atomic E-state index is 13.4. The first kappa shape index (κ1) is 29.3. The molecule has 0 aliphatic carbocycles. The Morgan fingerprint density at radius 1 is 0.902 bits per heavy atom. The number of carbonyl (C=O) groups excluding carboxylic acids is 3. The van der Waals surface area contributed by atoms with Gasteiger partial charge in [0, 0.05) is 21.7 Å². The van der Waals surface area contributed by atoms with Gasteiger partial charge in [-0.2, -0.15) is 0 Å². The van der Waals surface area contributed by atoms with E-state index in [9.17, 15) is 14.4 Å². The van der Waals surface area contributed by atoms with E-state index in [0.717, 1.165) is 9.90 Å². The molecule has 12 heteroatoms.